The monoisotopic (exact) mass is 269 g/mol. The summed E-state index contributed by atoms with van der Waals surface area (Å²) in [5.74, 6) is -0.561. The van der Waals surface area contributed by atoms with Crippen LogP contribution in [0.25, 0.3) is 16.8 Å². The fourth-order valence-electron chi connectivity index (χ4n) is 2.00. The summed E-state index contributed by atoms with van der Waals surface area (Å²) in [5.41, 5.74) is 1.64. The predicted molar refractivity (Wildman–Crippen MR) is 72.6 cm³/mol. The Morgan fingerprint density at radius 1 is 1.30 bits per heavy atom. The third-order valence-corrected chi connectivity index (χ3v) is 2.97. The molecule has 0 saturated carbocycles. The second kappa shape index (κ2) is 4.65. The van der Waals surface area contributed by atoms with Crippen LogP contribution in [0, 0.1) is 0 Å². The Labute approximate surface area is 113 Å². The van der Waals surface area contributed by atoms with Gasteiger partial charge in [-0.25, -0.2) is 9.31 Å². The van der Waals surface area contributed by atoms with Crippen molar-refractivity contribution in [1.29, 1.82) is 0 Å². The van der Waals surface area contributed by atoms with E-state index in [0.29, 0.717) is 11.2 Å². The van der Waals surface area contributed by atoms with Crippen LogP contribution in [-0.4, -0.2) is 27.7 Å². The number of ether oxygens (including phenoxy) is 1. The maximum Gasteiger partial charge on any atom is 0.358 e. The van der Waals surface area contributed by atoms with Gasteiger partial charge in [-0.05, 0) is 6.07 Å². The Morgan fingerprint density at radius 3 is 2.75 bits per heavy atom. The van der Waals surface area contributed by atoms with Gasteiger partial charge in [0, 0.05) is 11.8 Å². The van der Waals surface area contributed by atoms with Crippen molar-refractivity contribution in [2.24, 2.45) is 0 Å². The molecule has 1 aromatic carbocycles. The third kappa shape index (κ3) is 1.87. The first-order chi connectivity index (χ1) is 9.70. The van der Waals surface area contributed by atoms with Gasteiger partial charge in [0.15, 0.2) is 5.69 Å². The van der Waals surface area contributed by atoms with Crippen molar-refractivity contribution >= 4 is 11.5 Å². The van der Waals surface area contributed by atoms with Gasteiger partial charge in [0.05, 0.1) is 12.8 Å². The molecule has 0 spiro atoms. The number of carbonyl (C=O) groups excluding carboxylic acids is 1. The summed E-state index contributed by atoms with van der Waals surface area (Å²) in [5, 5.41) is 4.31. The van der Waals surface area contributed by atoms with E-state index in [4.69, 9.17) is 0 Å². The molecule has 100 valence electrons. The van der Waals surface area contributed by atoms with Gasteiger partial charge >= 0.3 is 5.97 Å². The van der Waals surface area contributed by atoms with E-state index in [1.54, 1.807) is 6.07 Å². The van der Waals surface area contributed by atoms with E-state index >= 15 is 0 Å². The highest BCUT2D eigenvalue weighted by Gasteiger charge is 2.15. The minimum absolute atomic E-state index is 0.171. The molecule has 20 heavy (non-hydrogen) atoms. The molecular formula is C14H11N3O3. The molecule has 0 amide bonds. The minimum atomic E-state index is -0.561. The molecule has 0 aliphatic heterocycles. The van der Waals surface area contributed by atoms with Crippen LogP contribution < -0.4 is 5.56 Å². The van der Waals surface area contributed by atoms with Gasteiger partial charge in [-0.15, -0.1) is 0 Å². The molecule has 6 heteroatoms. The Balaban J connectivity index is 2.27. The summed E-state index contributed by atoms with van der Waals surface area (Å²) in [7, 11) is 1.28. The van der Waals surface area contributed by atoms with E-state index < -0.39 is 5.97 Å². The number of aromatic nitrogens is 3. The molecule has 0 radical (unpaired) electrons. The van der Waals surface area contributed by atoms with Crippen LogP contribution in [-0.2, 0) is 4.74 Å². The van der Waals surface area contributed by atoms with Gasteiger partial charge in [-0.2, -0.15) is 5.10 Å². The number of esters is 1. The topological polar surface area (TPSA) is 76.5 Å². The Morgan fingerprint density at radius 2 is 2.05 bits per heavy atom. The Bertz CT molecular complexity index is 834. The van der Waals surface area contributed by atoms with E-state index in [1.165, 1.54) is 17.8 Å². The lowest BCUT2D eigenvalue weighted by molar-refractivity contribution is 0.0590. The molecule has 0 unspecified atom stereocenters. The molecule has 0 bridgehead atoms. The normalized spacial score (nSPS) is 10.7. The fourth-order valence-corrected chi connectivity index (χ4v) is 2.00. The van der Waals surface area contributed by atoms with Gasteiger partial charge in [0.1, 0.15) is 5.52 Å². The van der Waals surface area contributed by atoms with Crippen molar-refractivity contribution in [1.82, 2.24) is 14.6 Å². The average molecular weight is 269 g/mol. The van der Waals surface area contributed by atoms with E-state index in [0.717, 1.165) is 5.56 Å². The number of benzene rings is 1. The van der Waals surface area contributed by atoms with E-state index in [2.05, 4.69) is 14.8 Å². The molecule has 3 aromatic rings. The minimum Gasteiger partial charge on any atom is -0.464 e. The quantitative estimate of drug-likeness (QED) is 0.715. The first-order valence-electron chi connectivity index (χ1n) is 5.96. The Kier molecular flexibility index (Phi) is 2.83. The summed E-state index contributed by atoms with van der Waals surface area (Å²) in [6, 6.07) is 11.1. The molecule has 0 atom stereocenters. The molecule has 0 fully saturated rings. The number of nitrogens with zero attached hydrogens (tertiary/aromatic N) is 2. The van der Waals surface area contributed by atoms with Crippen LogP contribution >= 0.6 is 0 Å². The molecule has 0 aliphatic carbocycles. The predicted octanol–water partition coefficient (Wildman–Crippen LogP) is 1.48. The summed E-state index contributed by atoms with van der Waals surface area (Å²) in [4.78, 5) is 26.0. The van der Waals surface area contributed by atoms with Crippen molar-refractivity contribution < 1.29 is 9.53 Å². The van der Waals surface area contributed by atoms with Gasteiger partial charge in [-0.3, -0.25) is 4.79 Å². The number of carbonyl (C=O) groups is 1. The zero-order valence-corrected chi connectivity index (χ0v) is 10.7. The SMILES string of the molecule is COC(=O)c1c[nH]c(=O)c2cc(-c3ccccc3)nn12. The summed E-state index contributed by atoms with van der Waals surface area (Å²) in [6.45, 7) is 0. The van der Waals surface area contributed by atoms with Crippen LogP contribution in [0.5, 0.6) is 0 Å². The van der Waals surface area contributed by atoms with E-state index in [1.807, 2.05) is 30.3 Å². The lowest BCUT2D eigenvalue weighted by Crippen LogP contribution is -2.16. The molecule has 2 heterocycles. The summed E-state index contributed by atoms with van der Waals surface area (Å²) >= 11 is 0. The lowest BCUT2D eigenvalue weighted by atomic mass is 10.1. The second-order valence-corrected chi connectivity index (χ2v) is 4.19. The third-order valence-electron chi connectivity index (χ3n) is 2.97. The van der Waals surface area contributed by atoms with Gasteiger partial charge in [0.2, 0.25) is 0 Å². The zero-order chi connectivity index (χ0) is 14.1. The highest BCUT2D eigenvalue weighted by atomic mass is 16.5. The van der Waals surface area contributed by atoms with Gasteiger partial charge in [-0.1, -0.05) is 30.3 Å². The molecule has 1 N–H and O–H groups in total. The number of hydrogen-bond acceptors (Lipinski definition) is 4. The number of fused-ring (bicyclic) bond motifs is 1. The second-order valence-electron chi connectivity index (χ2n) is 4.19. The number of rotatable bonds is 2. The van der Waals surface area contributed by atoms with Gasteiger partial charge in [0.25, 0.3) is 5.56 Å². The van der Waals surface area contributed by atoms with Crippen LogP contribution in [0.15, 0.2) is 47.4 Å². The molecule has 0 saturated heterocycles. The lowest BCUT2D eigenvalue weighted by Gasteiger charge is -2.01. The maximum atomic E-state index is 11.8. The largest absolute Gasteiger partial charge is 0.464 e. The number of H-pyrrole nitrogens is 1. The smallest absolute Gasteiger partial charge is 0.358 e. The first-order valence-corrected chi connectivity index (χ1v) is 5.96. The van der Waals surface area contributed by atoms with Crippen molar-refractivity contribution in [3.63, 3.8) is 0 Å². The van der Waals surface area contributed by atoms with Crippen molar-refractivity contribution in [3.8, 4) is 11.3 Å². The van der Waals surface area contributed by atoms with Crippen LogP contribution in [0.4, 0.5) is 0 Å². The number of hydrogen-bond donors (Lipinski definition) is 1. The zero-order valence-electron chi connectivity index (χ0n) is 10.7. The number of aromatic amines is 1. The highest BCUT2D eigenvalue weighted by molar-refractivity contribution is 5.88. The maximum absolute atomic E-state index is 11.8. The standard InChI is InChI=1S/C14H11N3O3/c1-20-14(19)12-8-15-13(18)11-7-10(16-17(11)12)9-5-3-2-4-6-9/h2-8H,1H3,(H,15,18). The molecular weight excluding hydrogens is 258 g/mol. The molecule has 2 aromatic heterocycles. The van der Waals surface area contributed by atoms with E-state index in [9.17, 15) is 9.59 Å². The van der Waals surface area contributed by atoms with Crippen LogP contribution in [0.2, 0.25) is 0 Å². The van der Waals surface area contributed by atoms with Crippen molar-refractivity contribution in [3.05, 3.63) is 58.6 Å². The fraction of sp³-hybridized carbons (Fsp3) is 0.0714. The molecule has 0 aliphatic rings. The Hall–Kier alpha value is -2.89. The van der Waals surface area contributed by atoms with Crippen molar-refractivity contribution in [2.45, 2.75) is 0 Å². The number of methoxy groups -OCH3 is 1. The first kappa shape index (κ1) is 12.2. The van der Waals surface area contributed by atoms with Gasteiger partial charge < -0.3 is 9.72 Å². The number of nitrogens with one attached hydrogen (secondary N) is 1. The molecule has 3 rings (SSSR count). The van der Waals surface area contributed by atoms with E-state index in [-0.39, 0.29) is 11.3 Å². The summed E-state index contributed by atoms with van der Waals surface area (Å²) in [6.07, 6.45) is 1.29. The average Bonchev–Trinajstić information content (AvgIpc) is 2.94. The van der Waals surface area contributed by atoms with Crippen LogP contribution in [0.3, 0.4) is 0 Å². The highest BCUT2D eigenvalue weighted by Crippen LogP contribution is 2.18. The van der Waals surface area contributed by atoms with Crippen LogP contribution in [0.1, 0.15) is 10.5 Å². The molecule has 6 nitrogen and oxygen atoms in total. The summed E-state index contributed by atoms with van der Waals surface area (Å²) < 4.78 is 5.98. The van der Waals surface area contributed by atoms with Crippen molar-refractivity contribution in [2.75, 3.05) is 7.11 Å².